The van der Waals surface area contributed by atoms with Gasteiger partial charge in [0.25, 0.3) is 0 Å². The maximum absolute atomic E-state index is 12.3. The van der Waals surface area contributed by atoms with Gasteiger partial charge in [0.15, 0.2) is 0 Å². The minimum Gasteiger partial charge on any atom is -0.478 e. The van der Waals surface area contributed by atoms with Crippen molar-refractivity contribution in [2.45, 2.75) is 31.9 Å². The molecule has 0 unspecified atom stereocenters. The van der Waals surface area contributed by atoms with Crippen LogP contribution in [0.3, 0.4) is 0 Å². The zero-order chi connectivity index (χ0) is 16.4. The van der Waals surface area contributed by atoms with Gasteiger partial charge in [0, 0.05) is 26.2 Å². The Labute approximate surface area is 135 Å². The molecule has 0 aromatic heterocycles. The number of aromatic carboxylic acids is 1. The van der Waals surface area contributed by atoms with Gasteiger partial charge in [-0.05, 0) is 37.0 Å². The Morgan fingerprint density at radius 2 is 2.26 bits per heavy atom. The predicted octanol–water partition coefficient (Wildman–Crippen LogP) is 0.848. The number of rotatable bonds is 3. The molecule has 1 spiro atoms. The molecule has 3 rings (SSSR count). The number of piperidine rings is 2. The summed E-state index contributed by atoms with van der Waals surface area (Å²) in [5.41, 5.74) is 0.457. The summed E-state index contributed by atoms with van der Waals surface area (Å²) in [6, 6.07) is 6.87. The van der Waals surface area contributed by atoms with Crippen molar-refractivity contribution in [1.82, 2.24) is 10.2 Å². The first-order valence-electron chi connectivity index (χ1n) is 8.02. The van der Waals surface area contributed by atoms with E-state index in [1.807, 2.05) is 6.07 Å². The lowest BCUT2D eigenvalue weighted by Crippen LogP contribution is -2.61. The van der Waals surface area contributed by atoms with Crippen LogP contribution in [-0.4, -0.2) is 52.7 Å². The smallest absolute Gasteiger partial charge is 0.335 e. The second kappa shape index (κ2) is 6.29. The van der Waals surface area contributed by atoms with Gasteiger partial charge >= 0.3 is 5.97 Å². The van der Waals surface area contributed by atoms with Crippen LogP contribution < -0.4 is 5.32 Å². The zero-order valence-corrected chi connectivity index (χ0v) is 13.0. The van der Waals surface area contributed by atoms with Crippen LogP contribution in [0.25, 0.3) is 0 Å². The van der Waals surface area contributed by atoms with Gasteiger partial charge in [0.2, 0.25) is 5.91 Å². The van der Waals surface area contributed by atoms with Crippen LogP contribution in [-0.2, 0) is 11.3 Å². The number of carbonyl (C=O) groups is 2. The second-order valence-electron chi connectivity index (χ2n) is 6.54. The summed E-state index contributed by atoms with van der Waals surface area (Å²) in [4.78, 5) is 25.6. The Morgan fingerprint density at radius 3 is 3.00 bits per heavy atom. The third-order valence-corrected chi connectivity index (χ3v) is 4.98. The number of nitrogens with one attached hydrogen (secondary N) is 1. The van der Waals surface area contributed by atoms with Crippen LogP contribution in [0.15, 0.2) is 24.3 Å². The monoisotopic (exact) mass is 318 g/mol. The molecule has 2 aliphatic rings. The number of nitrogens with zero attached hydrogens (tertiary/aromatic N) is 1. The van der Waals surface area contributed by atoms with Crippen LogP contribution in [0.1, 0.15) is 35.2 Å². The molecule has 2 heterocycles. The van der Waals surface area contributed by atoms with E-state index in [0.29, 0.717) is 39.0 Å². The van der Waals surface area contributed by atoms with Crippen molar-refractivity contribution in [3.05, 3.63) is 35.4 Å². The molecule has 23 heavy (non-hydrogen) atoms. The van der Waals surface area contributed by atoms with Gasteiger partial charge < -0.3 is 15.5 Å². The zero-order valence-electron chi connectivity index (χ0n) is 13.0. The number of carboxylic acids is 1. The first kappa shape index (κ1) is 16.0. The van der Waals surface area contributed by atoms with Crippen LogP contribution in [0.2, 0.25) is 0 Å². The molecular formula is C17H22N2O4. The number of amides is 1. The van der Waals surface area contributed by atoms with E-state index < -0.39 is 17.5 Å². The summed E-state index contributed by atoms with van der Waals surface area (Å²) in [5.74, 6) is -0.996. The normalized spacial score (nSPS) is 28.6. The molecule has 1 aromatic carbocycles. The van der Waals surface area contributed by atoms with Crippen molar-refractivity contribution in [1.29, 1.82) is 0 Å². The van der Waals surface area contributed by atoms with Crippen molar-refractivity contribution in [2.75, 3.05) is 19.6 Å². The number of aliphatic hydroxyl groups excluding tert-OH is 1. The predicted molar refractivity (Wildman–Crippen MR) is 84.0 cm³/mol. The van der Waals surface area contributed by atoms with Gasteiger partial charge in [-0.1, -0.05) is 12.1 Å². The Kier molecular flexibility index (Phi) is 4.37. The average Bonchev–Trinajstić information content (AvgIpc) is 2.54. The van der Waals surface area contributed by atoms with E-state index >= 15 is 0 Å². The van der Waals surface area contributed by atoms with Crippen molar-refractivity contribution < 1.29 is 19.8 Å². The maximum Gasteiger partial charge on any atom is 0.335 e. The second-order valence-corrected chi connectivity index (χ2v) is 6.54. The lowest BCUT2D eigenvalue weighted by molar-refractivity contribution is -0.149. The fourth-order valence-electron chi connectivity index (χ4n) is 3.72. The fourth-order valence-corrected chi connectivity index (χ4v) is 3.72. The molecule has 0 bridgehead atoms. The van der Waals surface area contributed by atoms with Crippen LogP contribution in [0, 0.1) is 5.41 Å². The summed E-state index contributed by atoms with van der Waals surface area (Å²) in [6.45, 7) is 2.47. The van der Waals surface area contributed by atoms with Gasteiger partial charge in [-0.3, -0.25) is 9.69 Å². The molecule has 0 saturated carbocycles. The van der Waals surface area contributed by atoms with E-state index in [-0.39, 0.29) is 11.5 Å². The standard InChI is InChI=1S/C17H22N2O4/c20-14-5-8-19(11-17(14)6-2-7-18-16(17)23)10-12-3-1-4-13(9-12)15(21)22/h1,3-4,9,14,20H,2,5-8,10-11H2,(H,18,23)(H,21,22)/t14-,17-/m1/s1. The largest absolute Gasteiger partial charge is 0.478 e. The van der Waals surface area contributed by atoms with Gasteiger partial charge in [-0.2, -0.15) is 0 Å². The summed E-state index contributed by atoms with van der Waals surface area (Å²) >= 11 is 0. The number of carboxylic acid groups (broad SMARTS) is 1. The van der Waals surface area contributed by atoms with Gasteiger partial charge in [0.05, 0.1) is 17.1 Å². The third kappa shape index (κ3) is 3.09. The molecular weight excluding hydrogens is 296 g/mol. The SMILES string of the molecule is O=C(O)c1cccc(CN2CC[C@@H](O)[C@@]3(CCCNC3=O)C2)c1. The average molecular weight is 318 g/mol. The molecule has 6 heteroatoms. The Balaban J connectivity index is 1.75. The lowest BCUT2D eigenvalue weighted by Gasteiger charge is -2.47. The maximum atomic E-state index is 12.3. The highest BCUT2D eigenvalue weighted by molar-refractivity contribution is 5.87. The molecule has 2 fully saturated rings. The molecule has 2 atom stereocenters. The van der Waals surface area contributed by atoms with Crippen molar-refractivity contribution in [3.8, 4) is 0 Å². The minimum atomic E-state index is -0.941. The van der Waals surface area contributed by atoms with E-state index in [2.05, 4.69) is 10.2 Å². The summed E-state index contributed by atoms with van der Waals surface area (Å²) in [6.07, 6.45) is 1.53. The highest BCUT2D eigenvalue weighted by Crippen LogP contribution is 2.37. The molecule has 0 radical (unpaired) electrons. The molecule has 1 aromatic rings. The van der Waals surface area contributed by atoms with E-state index in [1.54, 1.807) is 18.2 Å². The summed E-state index contributed by atoms with van der Waals surface area (Å²) in [5, 5.41) is 22.4. The lowest BCUT2D eigenvalue weighted by atomic mass is 9.71. The number of aliphatic hydroxyl groups is 1. The van der Waals surface area contributed by atoms with E-state index in [4.69, 9.17) is 5.11 Å². The highest BCUT2D eigenvalue weighted by Gasteiger charge is 2.49. The van der Waals surface area contributed by atoms with Crippen LogP contribution in [0.4, 0.5) is 0 Å². The van der Waals surface area contributed by atoms with Gasteiger partial charge in [0.1, 0.15) is 0 Å². The van der Waals surface area contributed by atoms with E-state index in [9.17, 15) is 14.7 Å². The van der Waals surface area contributed by atoms with Gasteiger partial charge in [-0.15, -0.1) is 0 Å². The third-order valence-electron chi connectivity index (χ3n) is 4.98. The number of benzene rings is 1. The molecule has 6 nitrogen and oxygen atoms in total. The van der Waals surface area contributed by atoms with E-state index in [1.165, 1.54) is 0 Å². The number of hydrogen-bond acceptors (Lipinski definition) is 4. The first-order chi connectivity index (χ1) is 11.0. The molecule has 124 valence electrons. The fraction of sp³-hybridized carbons (Fsp3) is 0.529. The van der Waals surface area contributed by atoms with Crippen LogP contribution in [0.5, 0.6) is 0 Å². The van der Waals surface area contributed by atoms with E-state index in [0.717, 1.165) is 12.0 Å². The topological polar surface area (TPSA) is 89.9 Å². The summed E-state index contributed by atoms with van der Waals surface area (Å²) in [7, 11) is 0. The molecule has 2 aliphatic heterocycles. The highest BCUT2D eigenvalue weighted by atomic mass is 16.4. The number of likely N-dealkylation sites (tertiary alicyclic amines) is 1. The minimum absolute atomic E-state index is 0.0553. The quantitative estimate of drug-likeness (QED) is 0.769. The molecule has 1 amide bonds. The Morgan fingerprint density at radius 1 is 1.43 bits per heavy atom. The summed E-state index contributed by atoms with van der Waals surface area (Å²) < 4.78 is 0. The Hall–Kier alpha value is -1.92. The molecule has 0 aliphatic carbocycles. The Bertz CT molecular complexity index is 618. The molecule has 2 saturated heterocycles. The van der Waals surface area contributed by atoms with Crippen molar-refractivity contribution in [3.63, 3.8) is 0 Å². The van der Waals surface area contributed by atoms with Gasteiger partial charge in [-0.25, -0.2) is 4.79 Å². The number of carbonyl (C=O) groups excluding carboxylic acids is 1. The number of hydrogen-bond donors (Lipinski definition) is 3. The van der Waals surface area contributed by atoms with Crippen molar-refractivity contribution >= 4 is 11.9 Å². The van der Waals surface area contributed by atoms with Crippen LogP contribution >= 0.6 is 0 Å². The molecule has 3 N–H and O–H groups in total. The van der Waals surface area contributed by atoms with Crippen molar-refractivity contribution in [2.24, 2.45) is 5.41 Å². The first-order valence-corrected chi connectivity index (χ1v) is 8.02.